The second-order valence-electron chi connectivity index (χ2n) is 8.90. The molecule has 0 fully saturated rings. The van der Waals surface area contributed by atoms with E-state index in [4.69, 9.17) is 16.3 Å². The molecule has 0 radical (unpaired) electrons. The van der Waals surface area contributed by atoms with Gasteiger partial charge in [0.1, 0.15) is 23.9 Å². The van der Waals surface area contributed by atoms with Crippen LogP contribution >= 0.6 is 11.6 Å². The van der Waals surface area contributed by atoms with Gasteiger partial charge in [0.25, 0.3) is 0 Å². The molecule has 0 atom stereocenters. The second-order valence-corrected chi connectivity index (χ2v) is 9.30. The summed E-state index contributed by atoms with van der Waals surface area (Å²) in [5, 5.41) is 10.7. The van der Waals surface area contributed by atoms with Gasteiger partial charge in [-0.1, -0.05) is 56.6 Å². The van der Waals surface area contributed by atoms with Crippen molar-refractivity contribution in [2.24, 2.45) is 4.99 Å². The number of aliphatic hydroxyl groups excluding tert-OH is 1. The highest BCUT2D eigenvalue weighted by Gasteiger charge is 2.17. The Labute approximate surface area is 192 Å². The Morgan fingerprint density at radius 3 is 2.56 bits per heavy atom. The Hall–Kier alpha value is -3.12. The smallest absolute Gasteiger partial charge is 0.229 e. The van der Waals surface area contributed by atoms with Crippen LogP contribution in [0, 0.1) is 6.92 Å². The van der Waals surface area contributed by atoms with Crippen molar-refractivity contribution in [2.45, 2.75) is 39.7 Å². The highest BCUT2D eigenvalue weighted by Crippen LogP contribution is 2.25. The van der Waals surface area contributed by atoms with E-state index in [-0.39, 0.29) is 11.2 Å². The number of fused-ring (bicyclic) bond motifs is 1. The fourth-order valence-electron chi connectivity index (χ4n) is 3.46. The molecule has 166 valence electrons. The van der Waals surface area contributed by atoms with E-state index in [1.165, 1.54) is 5.56 Å². The summed E-state index contributed by atoms with van der Waals surface area (Å²) in [6, 6.07) is 13.8. The van der Waals surface area contributed by atoms with Crippen LogP contribution in [0.2, 0.25) is 5.02 Å². The van der Waals surface area contributed by atoms with E-state index < -0.39 is 0 Å². The van der Waals surface area contributed by atoms with Crippen LogP contribution in [0.1, 0.15) is 37.7 Å². The van der Waals surface area contributed by atoms with Crippen LogP contribution in [-0.4, -0.2) is 32.8 Å². The first-order chi connectivity index (χ1) is 15.2. The minimum absolute atomic E-state index is 0.0742. The SMILES string of the molecule is Cc1cc(OCCN=c2nc(-c3ccc(C(C)(C)C)cc3)nc3n2CC(O)=C3)ccc1Cl. The van der Waals surface area contributed by atoms with E-state index in [1.807, 2.05) is 37.3 Å². The molecule has 7 heteroatoms. The summed E-state index contributed by atoms with van der Waals surface area (Å²) in [6.45, 7) is 9.62. The quantitative estimate of drug-likeness (QED) is 0.549. The Morgan fingerprint density at radius 1 is 1.12 bits per heavy atom. The third kappa shape index (κ3) is 4.86. The van der Waals surface area contributed by atoms with Gasteiger partial charge in [0.05, 0.1) is 13.1 Å². The lowest BCUT2D eigenvalue weighted by molar-refractivity contribution is 0.326. The maximum atomic E-state index is 10.0. The lowest BCUT2D eigenvalue weighted by Crippen LogP contribution is -2.27. The Kier molecular flexibility index (Phi) is 6.07. The molecule has 1 aromatic heterocycles. The molecule has 0 amide bonds. The van der Waals surface area contributed by atoms with Crippen molar-refractivity contribution >= 4 is 17.7 Å². The van der Waals surface area contributed by atoms with Crippen LogP contribution in [0.15, 0.2) is 53.2 Å². The fourth-order valence-corrected chi connectivity index (χ4v) is 3.57. The molecule has 1 aliphatic rings. The van der Waals surface area contributed by atoms with Crippen LogP contribution in [0.5, 0.6) is 5.75 Å². The van der Waals surface area contributed by atoms with Crippen LogP contribution in [0.3, 0.4) is 0 Å². The molecule has 0 spiro atoms. The van der Waals surface area contributed by atoms with Gasteiger partial charge >= 0.3 is 0 Å². The number of aromatic nitrogens is 3. The number of hydrogen-bond donors (Lipinski definition) is 1. The molecule has 2 heterocycles. The molecule has 1 N–H and O–H groups in total. The summed E-state index contributed by atoms with van der Waals surface area (Å²) in [5.74, 6) is 2.21. The lowest BCUT2D eigenvalue weighted by Gasteiger charge is -2.19. The Bertz CT molecular complexity index is 1240. The van der Waals surface area contributed by atoms with Gasteiger partial charge in [-0.2, -0.15) is 4.98 Å². The van der Waals surface area contributed by atoms with Crippen molar-refractivity contribution in [1.29, 1.82) is 0 Å². The van der Waals surface area contributed by atoms with Crippen molar-refractivity contribution in [3.8, 4) is 17.1 Å². The van der Waals surface area contributed by atoms with Crippen molar-refractivity contribution in [3.05, 3.63) is 75.8 Å². The number of halogens is 1. The Balaban J connectivity index is 1.58. The van der Waals surface area contributed by atoms with Gasteiger partial charge < -0.3 is 9.84 Å². The largest absolute Gasteiger partial charge is 0.510 e. The summed E-state index contributed by atoms with van der Waals surface area (Å²) in [7, 11) is 0. The lowest BCUT2D eigenvalue weighted by atomic mass is 9.87. The predicted octanol–water partition coefficient (Wildman–Crippen LogP) is 5.10. The Morgan fingerprint density at radius 2 is 1.88 bits per heavy atom. The normalized spacial score (nSPS) is 13.8. The van der Waals surface area contributed by atoms with Crippen LogP contribution < -0.4 is 10.4 Å². The molecule has 3 aromatic rings. The standard InChI is InChI=1S/C25H27ClN4O2/c1-16-13-20(9-10-21(16)26)32-12-11-27-24-29-23(28-22-14-19(31)15-30(22)24)17-5-7-18(8-6-17)25(2,3)4/h5-10,13-14,31H,11-12,15H2,1-4H3. The number of rotatable bonds is 5. The van der Waals surface area contributed by atoms with Crippen LogP contribution in [0.4, 0.5) is 0 Å². The van der Waals surface area contributed by atoms with Crippen LogP contribution in [-0.2, 0) is 12.0 Å². The minimum atomic E-state index is 0.0742. The third-order valence-corrected chi connectivity index (χ3v) is 5.74. The van der Waals surface area contributed by atoms with E-state index in [2.05, 4.69) is 47.9 Å². The summed E-state index contributed by atoms with van der Waals surface area (Å²) in [4.78, 5) is 13.9. The zero-order valence-electron chi connectivity index (χ0n) is 18.8. The molecule has 0 unspecified atom stereocenters. The number of aliphatic hydroxyl groups is 1. The highest BCUT2D eigenvalue weighted by molar-refractivity contribution is 6.31. The van der Waals surface area contributed by atoms with Gasteiger partial charge in [-0.15, -0.1) is 0 Å². The van der Waals surface area contributed by atoms with Gasteiger partial charge in [0.2, 0.25) is 5.62 Å². The zero-order valence-corrected chi connectivity index (χ0v) is 19.5. The summed E-state index contributed by atoms with van der Waals surface area (Å²) >= 11 is 6.07. The molecule has 32 heavy (non-hydrogen) atoms. The molecule has 4 rings (SSSR count). The molecule has 0 bridgehead atoms. The van der Waals surface area contributed by atoms with Gasteiger partial charge in [-0.3, -0.25) is 4.57 Å². The van der Waals surface area contributed by atoms with E-state index in [0.717, 1.165) is 16.9 Å². The maximum Gasteiger partial charge on any atom is 0.229 e. The van der Waals surface area contributed by atoms with Gasteiger partial charge in [-0.05, 0) is 41.7 Å². The number of aryl methyl sites for hydroxylation is 1. The number of allylic oxidation sites excluding steroid dienone is 1. The number of hydrogen-bond acceptors (Lipinski definition) is 5. The monoisotopic (exact) mass is 450 g/mol. The van der Waals surface area contributed by atoms with E-state index in [1.54, 1.807) is 10.6 Å². The van der Waals surface area contributed by atoms with Crippen molar-refractivity contribution in [3.63, 3.8) is 0 Å². The molecule has 0 saturated carbocycles. The first-order valence-electron chi connectivity index (χ1n) is 10.6. The van der Waals surface area contributed by atoms with Crippen LogP contribution in [0.25, 0.3) is 17.5 Å². The molecule has 0 aliphatic carbocycles. The van der Waals surface area contributed by atoms with Gasteiger partial charge in [-0.25, -0.2) is 9.98 Å². The molecule has 6 nitrogen and oxygen atoms in total. The first-order valence-corrected chi connectivity index (χ1v) is 11.0. The average molecular weight is 451 g/mol. The van der Waals surface area contributed by atoms with Gasteiger partial charge in [0.15, 0.2) is 5.82 Å². The second kappa shape index (κ2) is 8.79. The van der Waals surface area contributed by atoms with Crippen molar-refractivity contribution < 1.29 is 9.84 Å². The summed E-state index contributed by atoms with van der Waals surface area (Å²) in [5.41, 5.74) is 3.71. The van der Waals surface area contributed by atoms with E-state index in [0.29, 0.717) is 42.0 Å². The maximum absolute atomic E-state index is 10.0. The topological polar surface area (TPSA) is 72.5 Å². The van der Waals surface area contributed by atoms with Gasteiger partial charge in [0, 0.05) is 16.7 Å². The first kappa shape index (κ1) is 22.1. The summed E-state index contributed by atoms with van der Waals surface area (Å²) < 4.78 is 7.60. The average Bonchev–Trinajstić information content (AvgIpc) is 3.13. The van der Waals surface area contributed by atoms with E-state index >= 15 is 0 Å². The summed E-state index contributed by atoms with van der Waals surface area (Å²) in [6.07, 6.45) is 1.65. The predicted molar refractivity (Wildman–Crippen MR) is 127 cm³/mol. The zero-order chi connectivity index (χ0) is 22.9. The number of ether oxygens (including phenoxy) is 1. The molecular formula is C25H27ClN4O2. The van der Waals surface area contributed by atoms with Crippen molar-refractivity contribution in [2.75, 3.05) is 13.2 Å². The third-order valence-electron chi connectivity index (χ3n) is 5.31. The number of nitrogens with zero attached hydrogens (tertiary/aromatic N) is 4. The number of benzene rings is 2. The minimum Gasteiger partial charge on any atom is -0.510 e. The molecule has 2 aromatic carbocycles. The van der Waals surface area contributed by atoms with Crippen molar-refractivity contribution in [1.82, 2.24) is 14.5 Å². The molecule has 1 aliphatic heterocycles. The molecule has 0 saturated heterocycles. The van der Waals surface area contributed by atoms with E-state index in [9.17, 15) is 5.11 Å². The fraction of sp³-hybridized carbons (Fsp3) is 0.320. The molecular weight excluding hydrogens is 424 g/mol. The highest BCUT2D eigenvalue weighted by atomic mass is 35.5.